The Balaban J connectivity index is 0.00000561. The second-order valence-corrected chi connectivity index (χ2v) is 16.0. The van der Waals surface area contributed by atoms with Crippen molar-refractivity contribution in [3.8, 4) is 67.5 Å². The maximum atomic E-state index is 11.6. The fraction of sp³-hybridized carbons (Fsp3) is 0.192. The van der Waals surface area contributed by atoms with E-state index in [1.165, 1.54) is 0 Å². The Hall–Kier alpha value is -5.57. The van der Waals surface area contributed by atoms with E-state index >= 15 is 0 Å². The molecule has 57 heavy (non-hydrogen) atoms. The molecule has 0 radical (unpaired) electrons. The molecule has 1 N–H and O–H groups in total. The van der Waals surface area contributed by atoms with Crippen LogP contribution in [-0.2, 0) is 26.5 Å². The van der Waals surface area contributed by atoms with Crippen molar-refractivity contribution < 1.29 is 31.7 Å². The SMILES string of the molecule is [2H]C([2H])([2H])c1cc(-c2ccccc2)ccc1-n1c(-c2cc(C)cc(C)c2O)nc2c(-c3[c-]c(-c4cc(-c5ccc(C([2H])(C)C)cc5)ccn4)cc(C(C)(C)C)c3)cccc21.[Pt]. The predicted octanol–water partition coefficient (Wildman–Crippen LogP) is 13.6. The van der Waals surface area contributed by atoms with Crippen LogP contribution in [0.3, 0.4) is 0 Å². The molecule has 6 aromatic carbocycles. The van der Waals surface area contributed by atoms with Gasteiger partial charge in [0.1, 0.15) is 11.6 Å². The van der Waals surface area contributed by atoms with E-state index in [9.17, 15) is 5.11 Å². The summed E-state index contributed by atoms with van der Waals surface area (Å²) in [5, 5.41) is 11.6. The van der Waals surface area contributed by atoms with Crippen molar-refractivity contribution >= 4 is 11.0 Å². The minimum atomic E-state index is -2.47. The van der Waals surface area contributed by atoms with Crippen molar-refractivity contribution in [2.45, 2.75) is 66.6 Å². The molecule has 0 fully saturated rings. The number of phenols is 1. The fourth-order valence-corrected chi connectivity index (χ4v) is 7.45. The van der Waals surface area contributed by atoms with Crippen molar-refractivity contribution in [2.75, 3.05) is 0 Å². The third-order valence-corrected chi connectivity index (χ3v) is 10.6. The number of aryl methyl sites for hydroxylation is 3. The van der Waals surface area contributed by atoms with Gasteiger partial charge in [0.25, 0.3) is 0 Å². The quantitative estimate of drug-likeness (QED) is 0.162. The Kier molecular flexibility index (Phi) is 9.58. The van der Waals surface area contributed by atoms with Crippen molar-refractivity contribution in [3.63, 3.8) is 0 Å². The average molecular weight is 930 g/mol. The van der Waals surface area contributed by atoms with Crippen LogP contribution in [0.1, 0.15) is 73.8 Å². The number of hydrogen-bond acceptors (Lipinski definition) is 3. The summed E-state index contributed by atoms with van der Waals surface area (Å²) >= 11 is 0. The van der Waals surface area contributed by atoms with Gasteiger partial charge in [-0.1, -0.05) is 131 Å². The first-order valence-corrected chi connectivity index (χ1v) is 19.0. The van der Waals surface area contributed by atoms with Crippen LogP contribution in [0.5, 0.6) is 5.75 Å². The summed E-state index contributed by atoms with van der Waals surface area (Å²) in [4.78, 5) is 10.2. The number of aromatic hydroxyl groups is 1. The smallest absolute Gasteiger partial charge is 0.148 e. The Bertz CT molecular complexity index is 2900. The molecule has 0 spiro atoms. The number of pyridine rings is 1. The summed E-state index contributed by atoms with van der Waals surface area (Å²) in [7, 11) is 0. The number of nitrogens with zero attached hydrogens (tertiary/aromatic N) is 3. The zero-order valence-corrected chi connectivity index (χ0v) is 35.6. The molecular weight excluding hydrogens is 878 g/mol. The van der Waals surface area contributed by atoms with Crippen LogP contribution in [0.4, 0.5) is 0 Å². The van der Waals surface area contributed by atoms with Crippen LogP contribution in [0.25, 0.3) is 72.7 Å². The minimum absolute atomic E-state index is 0. The summed E-state index contributed by atoms with van der Waals surface area (Å²) in [6.45, 7) is 11.7. The van der Waals surface area contributed by atoms with E-state index < -0.39 is 12.7 Å². The summed E-state index contributed by atoms with van der Waals surface area (Å²) < 4.78 is 36.6. The maximum Gasteiger partial charge on any atom is 0.148 e. The molecule has 0 saturated heterocycles. The van der Waals surface area contributed by atoms with Crippen molar-refractivity contribution in [1.82, 2.24) is 14.5 Å². The first-order valence-electron chi connectivity index (χ1n) is 21.0. The number of benzene rings is 6. The summed E-state index contributed by atoms with van der Waals surface area (Å²) in [6.07, 6.45) is 1.82. The van der Waals surface area contributed by atoms with E-state index in [2.05, 4.69) is 57.2 Å². The Morgan fingerprint density at radius 3 is 2.14 bits per heavy atom. The van der Waals surface area contributed by atoms with Gasteiger partial charge in [-0.05, 0) is 107 Å². The molecule has 8 rings (SSSR count). The number of para-hydroxylation sites is 1. The molecule has 0 aliphatic carbocycles. The van der Waals surface area contributed by atoms with E-state index in [0.29, 0.717) is 33.7 Å². The molecule has 0 bridgehead atoms. The van der Waals surface area contributed by atoms with E-state index in [1.807, 2.05) is 129 Å². The van der Waals surface area contributed by atoms with Gasteiger partial charge in [-0.2, -0.15) is 0 Å². The van der Waals surface area contributed by atoms with Gasteiger partial charge in [-0.15, -0.1) is 29.3 Å². The molecule has 0 amide bonds. The predicted molar refractivity (Wildman–Crippen MR) is 234 cm³/mol. The van der Waals surface area contributed by atoms with Crippen LogP contribution in [-0.4, -0.2) is 19.6 Å². The Labute approximate surface area is 357 Å². The number of aromatic nitrogens is 3. The second-order valence-electron chi connectivity index (χ2n) is 16.0. The van der Waals surface area contributed by atoms with Crippen LogP contribution in [0, 0.1) is 26.8 Å². The van der Waals surface area contributed by atoms with E-state index in [4.69, 9.17) is 15.5 Å². The number of phenolic OH excluding ortho intramolecular Hbond substituents is 1. The maximum absolute atomic E-state index is 11.6. The summed E-state index contributed by atoms with van der Waals surface area (Å²) in [5.74, 6) is -0.173. The van der Waals surface area contributed by atoms with Gasteiger partial charge in [0.15, 0.2) is 0 Å². The third kappa shape index (κ3) is 7.76. The van der Waals surface area contributed by atoms with Crippen LogP contribution in [0.2, 0.25) is 0 Å². The molecule has 288 valence electrons. The van der Waals surface area contributed by atoms with Crippen molar-refractivity contribution in [3.05, 3.63) is 167 Å². The zero-order chi connectivity index (χ0) is 42.7. The summed E-state index contributed by atoms with van der Waals surface area (Å²) in [5.41, 5.74) is 12.9. The first kappa shape index (κ1) is 34.7. The van der Waals surface area contributed by atoms with Crippen LogP contribution < -0.4 is 0 Å². The Morgan fingerprint density at radius 1 is 0.719 bits per heavy atom. The Morgan fingerprint density at radius 2 is 1.42 bits per heavy atom. The van der Waals surface area contributed by atoms with Gasteiger partial charge in [-0.3, -0.25) is 9.55 Å². The average Bonchev–Trinajstić information content (AvgIpc) is 3.61. The minimum Gasteiger partial charge on any atom is -0.507 e. The fourth-order valence-electron chi connectivity index (χ4n) is 7.45. The molecule has 0 aliphatic rings. The molecule has 2 heterocycles. The normalized spacial score (nSPS) is 13.0. The van der Waals surface area contributed by atoms with Crippen molar-refractivity contribution in [1.29, 1.82) is 0 Å². The topological polar surface area (TPSA) is 50.9 Å². The number of rotatable bonds is 7. The molecule has 0 unspecified atom stereocenters. The molecule has 2 aromatic heterocycles. The van der Waals surface area contributed by atoms with E-state index in [1.54, 1.807) is 6.07 Å². The third-order valence-electron chi connectivity index (χ3n) is 10.6. The van der Waals surface area contributed by atoms with Crippen molar-refractivity contribution in [2.24, 2.45) is 0 Å². The van der Waals surface area contributed by atoms with Gasteiger partial charge in [0, 0.05) is 38.4 Å². The largest absolute Gasteiger partial charge is 0.507 e. The molecule has 4 nitrogen and oxygen atoms in total. The van der Waals surface area contributed by atoms with E-state index in [-0.39, 0.29) is 37.8 Å². The number of hydrogen-bond donors (Lipinski definition) is 1. The first-order chi connectivity index (χ1) is 28.4. The van der Waals surface area contributed by atoms with Gasteiger partial charge in [0.2, 0.25) is 0 Å². The van der Waals surface area contributed by atoms with Gasteiger partial charge in [-0.25, -0.2) is 4.98 Å². The summed E-state index contributed by atoms with van der Waals surface area (Å²) in [6, 6.07) is 45.3. The molecule has 5 heteroatoms. The van der Waals surface area contributed by atoms with Gasteiger partial charge < -0.3 is 5.11 Å². The van der Waals surface area contributed by atoms with Crippen LogP contribution >= 0.6 is 0 Å². The molecule has 0 aliphatic heterocycles. The van der Waals surface area contributed by atoms with Crippen LogP contribution in [0.15, 0.2) is 134 Å². The van der Waals surface area contributed by atoms with Gasteiger partial charge >= 0.3 is 0 Å². The second kappa shape index (κ2) is 15.8. The molecule has 0 saturated carbocycles. The molecule has 0 atom stereocenters. The molecular formula is C52H48N3OPt-. The zero-order valence-electron chi connectivity index (χ0n) is 37.3. The van der Waals surface area contributed by atoms with Gasteiger partial charge in [0.05, 0.1) is 22.3 Å². The number of fused-ring (bicyclic) bond motifs is 1. The number of imidazole rings is 1. The molecule has 8 aromatic rings. The standard InChI is InChI=1S/C52H48N3O.Pt/c1-32(2)36-17-19-38(20-18-36)40-23-24-53-46(31-40)42-28-41(29-43(30-42)52(6,7)8)44-15-12-16-48-49(44)54-51(45-26-33(3)25-35(5)50(45)56)55(48)47-22-21-39(27-34(47)4)37-13-10-9-11-14-37;/h9-27,29-32,56H,1-8H3;/q-1;/i4D3,32D;. The van der Waals surface area contributed by atoms with E-state index in [0.717, 1.165) is 61.3 Å². The monoisotopic (exact) mass is 929 g/mol.